The van der Waals surface area contributed by atoms with Gasteiger partial charge in [0.15, 0.2) is 0 Å². The molecule has 3 rings (SSSR count). The molecule has 2 aliphatic heterocycles. The third kappa shape index (κ3) is 2.85. The van der Waals surface area contributed by atoms with E-state index < -0.39 is 0 Å². The first-order valence-electron chi connectivity index (χ1n) is 7.69. The summed E-state index contributed by atoms with van der Waals surface area (Å²) < 4.78 is 0. The number of aromatic nitrogens is 1. The van der Waals surface area contributed by atoms with Gasteiger partial charge in [-0.1, -0.05) is 0 Å². The number of likely N-dealkylation sites (tertiary alicyclic amines) is 1. The second kappa shape index (κ2) is 5.92. The van der Waals surface area contributed by atoms with E-state index in [9.17, 15) is 4.79 Å². The van der Waals surface area contributed by atoms with Crippen LogP contribution in [0.4, 0.5) is 0 Å². The molecule has 20 heavy (non-hydrogen) atoms. The molecule has 1 aromatic heterocycles. The average Bonchev–Trinajstić information content (AvgIpc) is 3.01. The summed E-state index contributed by atoms with van der Waals surface area (Å²) in [6, 6.07) is 4.39. The minimum atomic E-state index is 0.160. The van der Waals surface area contributed by atoms with Gasteiger partial charge >= 0.3 is 0 Å². The molecule has 2 saturated heterocycles. The molecule has 2 aliphatic rings. The molecular formula is C16H23N3O. The van der Waals surface area contributed by atoms with Crippen LogP contribution in [-0.2, 0) is 0 Å². The van der Waals surface area contributed by atoms with Crippen LogP contribution in [0.1, 0.15) is 41.7 Å². The SMILES string of the molecule is Cc1cc(C(=O)N2CCC(C3CCCN3)CC2)ccn1. The molecule has 0 aromatic carbocycles. The first-order chi connectivity index (χ1) is 9.74. The van der Waals surface area contributed by atoms with Crippen molar-refractivity contribution in [1.29, 1.82) is 0 Å². The van der Waals surface area contributed by atoms with Gasteiger partial charge in [0.05, 0.1) is 0 Å². The van der Waals surface area contributed by atoms with Gasteiger partial charge in [0, 0.05) is 36.6 Å². The maximum atomic E-state index is 12.5. The van der Waals surface area contributed by atoms with E-state index in [0.29, 0.717) is 6.04 Å². The second-order valence-electron chi connectivity index (χ2n) is 6.02. The number of aryl methyl sites for hydroxylation is 1. The Morgan fingerprint density at radius 2 is 2.15 bits per heavy atom. The van der Waals surface area contributed by atoms with E-state index in [4.69, 9.17) is 0 Å². The fourth-order valence-corrected chi connectivity index (χ4v) is 3.48. The minimum Gasteiger partial charge on any atom is -0.339 e. The highest BCUT2D eigenvalue weighted by Gasteiger charge is 2.30. The highest BCUT2D eigenvalue weighted by Crippen LogP contribution is 2.26. The van der Waals surface area contributed by atoms with Gasteiger partial charge in [-0.25, -0.2) is 0 Å². The highest BCUT2D eigenvalue weighted by molar-refractivity contribution is 5.94. The van der Waals surface area contributed by atoms with Gasteiger partial charge < -0.3 is 10.2 Å². The van der Waals surface area contributed by atoms with Gasteiger partial charge in [-0.15, -0.1) is 0 Å². The van der Waals surface area contributed by atoms with E-state index >= 15 is 0 Å². The van der Waals surface area contributed by atoms with Gasteiger partial charge in [0.1, 0.15) is 0 Å². The molecule has 1 N–H and O–H groups in total. The molecule has 0 spiro atoms. The smallest absolute Gasteiger partial charge is 0.253 e. The van der Waals surface area contributed by atoms with Gasteiger partial charge in [-0.2, -0.15) is 0 Å². The van der Waals surface area contributed by atoms with Crippen LogP contribution < -0.4 is 5.32 Å². The fourth-order valence-electron chi connectivity index (χ4n) is 3.48. The standard InChI is InChI=1S/C16H23N3O/c1-12-11-14(4-8-17-12)16(20)19-9-5-13(6-10-19)15-3-2-7-18-15/h4,8,11,13,15,18H,2-3,5-7,9-10H2,1H3. The number of nitrogens with zero attached hydrogens (tertiary/aromatic N) is 2. The molecule has 1 amide bonds. The molecule has 0 saturated carbocycles. The molecule has 1 atom stereocenters. The van der Waals surface area contributed by atoms with Crippen LogP contribution in [0, 0.1) is 12.8 Å². The number of carbonyl (C=O) groups excluding carboxylic acids is 1. The van der Waals surface area contributed by atoms with E-state index in [1.165, 1.54) is 19.4 Å². The zero-order chi connectivity index (χ0) is 13.9. The normalized spacial score (nSPS) is 24.1. The van der Waals surface area contributed by atoms with Crippen molar-refractivity contribution in [3.8, 4) is 0 Å². The zero-order valence-corrected chi connectivity index (χ0v) is 12.1. The van der Waals surface area contributed by atoms with E-state index in [1.807, 2.05) is 24.0 Å². The Bertz CT molecular complexity index is 474. The summed E-state index contributed by atoms with van der Waals surface area (Å²) in [6.45, 7) is 4.88. The Hall–Kier alpha value is -1.42. The van der Waals surface area contributed by atoms with E-state index in [0.717, 1.165) is 43.1 Å². The Morgan fingerprint density at radius 3 is 2.80 bits per heavy atom. The quantitative estimate of drug-likeness (QED) is 0.896. The summed E-state index contributed by atoms with van der Waals surface area (Å²) >= 11 is 0. The maximum absolute atomic E-state index is 12.5. The van der Waals surface area contributed by atoms with Crippen molar-refractivity contribution in [2.24, 2.45) is 5.92 Å². The molecule has 0 bridgehead atoms. The summed E-state index contributed by atoms with van der Waals surface area (Å²) in [5, 5.41) is 3.60. The predicted octanol–water partition coefficient (Wildman–Crippen LogP) is 1.99. The lowest BCUT2D eigenvalue weighted by molar-refractivity contribution is 0.0674. The average molecular weight is 273 g/mol. The Kier molecular flexibility index (Phi) is 4.01. The van der Waals surface area contributed by atoms with Crippen molar-refractivity contribution in [2.45, 2.75) is 38.6 Å². The molecular weight excluding hydrogens is 250 g/mol. The third-order valence-corrected chi connectivity index (χ3v) is 4.64. The van der Waals surface area contributed by atoms with E-state index in [1.54, 1.807) is 6.20 Å². The molecule has 4 heteroatoms. The lowest BCUT2D eigenvalue weighted by Crippen LogP contribution is -2.43. The number of rotatable bonds is 2. The number of carbonyl (C=O) groups is 1. The number of nitrogens with one attached hydrogen (secondary N) is 1. The van der Waals surface area contributed by atoms with Crippen LogP contribution in [0.3, 0.4) is 0 Å². The second-order valence-corrected chi connectivity index (χ2v) is 6.02. The lowest BCUT2D eigenvalue weighted by Gasteiger charge is -2.35. The molecule has 1 unspecified atom stereocenters. The largest absolute Gasteiger partial charge is 0.339 e. The number of pyridine rings is 1. The summed E-state index contributed by atoms with van der Waals surface area (Å²) in [5.41, 5.74) is 1.68. The molecule has 0 aliphatic carbocycles. The van der Waals surface area contributed by atoms with Gasteiger partial charge in [-0.3, -0.25) is 9.78 Å². The third-order valence-electron chi connectivity index (χ3n) is 4.64. The van der Waals surface area contributed by atoms with Crippen molar-refractivity contribution in [1.82, 2.24) is 15.2 Å². The van der Waals surface area contributed by atoms with Crippen LogP contribution in [0.2, 0.25) is 0 Å². The molecule has 4 nitrogen and oxygen atoms in total. The molecule has 3 heterocycles. The molecule has 2 fully saturated rings. The first kappa shape index (κ1) is 13.6. The predicted molar refractivity (Wildman–Crippen MR) is 78.6 cm³/mol. The number of hydrogen-bond acceptors (Lipinski definition) is 3. The monoisotopic (exact) mass is 273 g/mol. The minimum absolute atomic E-state index is 0.160. The first-order valence-corrected chi connectivity index (χ1v) is 7.69. The van der Waals surface area contributed by atoms with Crippen LogP contribution in [-0.4, -0.2) is 41.5 Å². The van der Waals surface area contributed by atoms with Crippen LogP contribution in [0.25, 0.3) is 0 Å². The topological polar surface area (TPSA) is 45.2 Å². The summed E-state index contributed by atoms with van der Waals surface area (Å²) in [5.74, 6) is 0.911. The van der Waals surface area contributed by atoms with Gasteiger partial charge in [0.25, 0.3) is 5.91 Å². The molecule has 0 radical (unpaired) electrons. The Balaban J connectivity index is 1.58. The highest BCUT2D eigenvalue weighted by atomic mass is 16.2. The zero-order valence-electron chi connectivity index (χ0n) is 12.1. The van der Waals surface area contributed by atoms with Gasteiger partial charge in [-0.05, 0) is 57.2 Å². The Morgan fingerprint density at radius 1 is 1.35 bits per heavy atom. The van der Waals surface area contributed by atoms with E-state index in [2.05, 4.69) is 10.3 Å². The van der Waals surface area contributed by atoms with Crippen molar-refractivity contribution < 1.29 is 4.79 Å². The van der Waals surface area contributed by atoms with E-state index in [-0.39, 0.29) is 5.91 Å². The maximum Gasteiger partial charge on any atom is 0.253 e. The number of piperidine rings is 1. The summed E-state index contributed by atoms with van der Waals surface area (Å²) in [4.78, 5) is 18.6. The molecule has 108 valence electrons. The number of hydrogen-bond donors (Lipinski definition) is 1. The van der Waals surface area contributed by atoms with Crippen molar-refractivity contribution in [3.63, 3.8) is 0 Å². The lowest BCUT2D eigenvalue weighted by atomic mass is 9.88. The van der Waals surface area contributed by atoms with Crippen LogP contribution in [0.15, 0.2) is 18.3 Å². The number of amides is 1. The fraction of sp³-hybridized carbons (Fsp3) is 0.625. The van der Waals surface area contributed by atoms with Crippen molar-refractivity contribution >= 4 is 5.91 Å². The summed E-state index contributed by atoms with van der Waals surface area (Å²) in [7, 11) is 0. The van der Waals surface area contributed by atoms with Crippen LogP contribution >= 0.6 is 0 Å². The van der Waals surface area contributed by atoms with Gasteiger partial charge in [0.2, 0.25) is 0 Å². The van der Waals surface area contributed by atoms with Crippen molar-refractivity contribution in [3.05, 3.63) is 29.6 Å². The molecule has 1 aromatic rings. The summed E-state index contributed by atoms with van der Waals surface area (Å²) in [6.07, 6.45) is 6.60. The Labute approximate surface area is 120 Å². The van der Waals surface area contributed by atoms with Crippen molar-refractivity contribution in [2.75, 3.05) is 19.6 Å². The van der Waals surface area contributed by atoms with Crippen LogP contribution in [0.5, 0.6) is 0 Å².